The Bertz CT molecular complexity index is 357. The summed E-state index contributed by atoms with van der Waals surface area (Å²) in [6.45, 7) is 0.122. The topological polar surface area (TPSA) is 89.4 Å². The number of benzene rings is 1. The minimum atomic E-state index is -0.466. The Kier molecular flexibility index (Phi) is 4.38. The van der Waals surface area contributed by atoms with Crippen molar-refractivity contribution in [1.82, 2.24) is 0 Å². The van der Waals surface area contributed by atoms with Gasteiger partial charge in [0.25, 0.3) is 5.69 Å². The van der Waals surface area contributed by atoms with E-state index < -0.39 is 4.92 Å². The van der Waals surface area contributed by atoms with Crippen molar-refractivity contribution in [2.24, 2.45) is 0 Å². The summed E-state index contributed by atoms with van der Waals surface area (Å²) in [4.78, 5) is 10.8. The van der Waals surface area contributed by atoms with E-state index >= 15 is 0 Å². The number of nitrogens with zero attached hydrogens (tertiary/aromatic N) is 1. The first-order valence-electron chi connectivity index (χ1n) is 4.42. The Balaban J connectivity index is 2.75. The highest BCUT2D eigenvalue weighted by atomic mass is 32.2. The van der Waals surface area contributed by atoms with Crippen LogP contribution in [0, 0.1) is 10.1 Å². The summed E-state index contributed by atoms with van der Waals surface area (Å²) in [6.07, 6.45) is 0.660. The lowest BCUT2D eigenvalue weighted by Crippen LogP contribution is -1.93. The SMILES string of the molecule is Nc1cc(SCCCO)cc([N+](=O)[O-])c1. The number of anilines is 1. The molecule has 0 saturated heterocycles. The van der Waals surface area contributed by atoms with E-state index in [1.54, 1.807) is 6.07 Å². The van der Waals surface area contributed by atoms with Crippen molar-refractivity contribution in [3.05, 3.63) is 28.3 Å². The normalized spacial score (nSPS) is 10.2. The number of nitrogen functional groups attached to an aromatic ring is 1. The molecule has 0 amide bonds. The van der Waals surface area contributed by atoms with Crippen molar-refractivity contribution in [3.63, 3.8) is 0 Å². The molecule has 0 atom stereocenters. The number of aliphatic hydroxyl groups is 1. The smallest absolute Gasteiger partial charge is 0.272 e. The fourth-order valence-corrected chi connectivity index (χ4v) is 1.98. The van der Waals surface area contributed by atoms with Crippen LogP contribution in [-0.4, -0.2) is 22.4 Å². The van der Waals surface area contributed by atoms with E-state index in [9.17, 15) is 10.1 Å². The molecular weight excluding hydrogens is 216 g/mol. The molecule has 0 unspecified atom stereocenters. The van der Waals surface area contributed by atoms with Crippen LogP contribution in [0.15, 0.2) is 23.1 Å². The average Bonchev–Trinajstić information content (AvgIpc) is 2.17. The molecule has 0 fully saturated rings. The predicted molar refractivity (Wildman–Crippen MR) is 59.9 cm³/mol. The summed E-state index contributed by atoms with van der Waals surface area (Å²) in [7, 11) is 0. The molecule has 1 rings (SSSR count). The number of nitrogens with two attached hydrogens (primary N) is 1. The molecule has 0 heterocycles. The molecule has 0 aliphatic carbocycles. The van der Waals surface area contributed by atoms with Crippen molar-refractivity contribution in [1.29, 1.82) is 0 Å². The number of rotatable bonds is 5. The van der Waals surface area contributed by atoms with Gasteiger partial charge in [-0.15, -0.1) is 11.8 Å². The third-order valence-corrected chi connectivity index (χ3v) is 2.76. The van der Waals surface area contributed by atoms with Gasteiger partial charge in [-0.1, -0.05) is 0 Å². The first-order valence-corrected chi connectivity index (χ1v) is 5.40. The summed E-state index contributed by atoms with van der Waals surface area (Å²) >= 11 is 1.45. The largest absolute Gasteiger partial charge is 0.398 e. The van der Waals surface area contributed by atoms with Gasteiger partial charge in [0.15, 0.2) is 0 Å². The number of thioether (sulfide) groups is 1. The molecule has 0 aliphatic rings. The van der Waals surface area contributed by atoms with Gasteiger partial charge in [-0.2, -0.15) is 0 Å². The van der Waals surface area contributed by atoms with E-state index in [0.717, 1.165) is 10.6 Å². The van der Waals surface area contributed by atoms with E-state index in [0.29, 0.717) is 12.1 Å². The van der Waals surface area contributed by atoms with Crippen LogP contribution in [0.25, 0.3) is 0 Å². The van der Waals surface area contributed by atoms with Gasteiger partial charge < -0.3 is 10.8 Å². The molecule has 0 aliphatic heterocycles. The van der Waals surface area contributed by atoms with E-state index in [1.165, 1.54) is 23.9 Å². The minimum Gasteiger partial charge on any atom is -0.398 e. The van der Waals surface area contributed by atoms with Crippen molar-refractivity contribution in [3.8, 4) is 0 Å². The Hall–Kier alpha value is -1.27. The third kappa shape index (κ3) is 3.77. The van der Waals surface area contributed by atoms with E-state index in [4.69, 9.17) is 10.8 Å². The maximum Gasteiger partial charge on any atom is 0.272 e. The number of nitro groups is 1. The first-order chi connectivity index (χ1) is 7.13. The van der Waals surface area contributed by atoms with Crippen molar-refractivity contribution >= 4 is 23.1 Å². The Morgan fingerprint density at radius 2 is 2.20 bits per heavy atom. The summed E-state index contributed by atoms with van der Waals surface area (Å²) in [5.74, 6) is 0.719. The molecular formula is C9H12N2O3S. The molecule has 6 heteroatoms. The van der Waals surface area contributed by atoms with Crippen molar-refractivity contribution in [2.45, 2.75) is 11.3 Å². The predicted octanol–water partition coefficient (Wildman–Crippen LogP) is 1.65. The van der Waals surface area contributed by atoms with Gasteiger partial charge in [0, 0.05) is 35.1 Å². The monoisotopic (exact) mass is 228 g/mol. The van der Waals surface area contributed by atoms with Gasteiger partial charge in [0.2, 0.25) is 0 Å². The molecule has 0 aromatic heterocycles. The fraction of sp³-hybridized carbons (Fsp3) is 0.333. The van der Waals surface area contributed by atoms with Gasteiger partial charge in [-0.3, -0.25) is 10.1 Å². The van der Waals surface area contributed by atoms with Crippen LogP contribution >= 0.6 is 11.8 Å². The van der Waals surface area contributed by atoms with Gasteiger partial charge in [-0.25, -0.2) is 0 Å². The number of hydrogen-bond donors (Lipinski definition) is 2. The van der Waals surface area contributed by atoms with Gasteiger partial charge in [-0.05, 0) is 12.5 Å². The summed E-state index contributed by atoms with van der Waals surface area (Å²) < 4.78 is 0. The molecule has 82 valence electrons. The van der Waals surface area contributed by atoms with Crippen LogP contribution in [0.5, 0.6) is 0 Å². The second-order valence-corrected chi connectivity index (χ2v) is 4.11. The summed E-state index contributed by atoms with van der Waals surface area (Å²) in [5, 5.41) is 19.1. The minimum absolute atomic E-state index is 0.00139. The number of non-ortho nitro benzene ring substituents is 1. The van der Waals surface area contributed by atoms with Crippen LogP contribution in [0.4, 0.5) is 11.4 Å². The highest BCUT2D eigenvalue weighted by Gasteiger charge is 2.08. The lowest BCUT2D eigenvalue weighted by atomic mass is 10.3. The van der Waals surface area contributed by atoms with Gasteiger partial charge >= 0.3 is 0 Å². The summed E-state index contributed by atoms with van der Waals surface area (Å²) in [6, 6.07) is 4.50. The van der Waals surface area contributed by atoms with Crippen LogP contribution < -0.4 is 5.73 Å². The lowest BCUT2D eigenvalue weighted by molar-refractivity contribution is -0.385. The molecule has 0 bridgehead atoms. The fourth-order valence-electron chi connectivity index (χ4n) is 1.05. The average molecular weight is 228 g/mol. The molecule has 1 aromatic carbocycles. The molecule has 1 aromatic rings. The van der Waals surface area contributed by atoms with Crippen LogP contribution in [-0.2, 0) is 0 Å². The Labute approximate surface area is 91.4 Å². The van der Waals surface area contributed by atoms with E-state index in [-0.39, 0.29) is 12.3 Å². The highest BCUT2D eigenvalue weighted by molar-refractivity contribution is 7.99. The van der Waals surface area contributed by atoms with Gasteiger partial charge in [0.1, 0.15) is 0 Å². The van der Waals surface area contributed by atoms with Crippen LogP contribution in [0.1, 0.15) is 6.42 Å². The quantitative estimate of drug-likeness (QED) is 0.263. The number of nitro benzene ring substituents is 1. The third-order valence-electron chi connectivity index (χ3n) is 1.70. The molecule has 0 radical (unpaired) electrons. The number of hydrogen-bond acceptors (Lipinski definition) is 5. The second-order valence-electron chi connectivity index (χ2n) is 2.94. The second kappa shape index (κ2) is 5.57. The molecule has 0 spiro atoms. The summed E-state index contributed by atoms with van der Waals surface area (Å²) in [5.41, 5.74) is 5.92. The van der Waals surface area contributed by atoms with Crippen molar-refractivity contribution < 1.29 is 10.0 Å². The number of aliphatic hydroxyl groups excluding tert-OH is 1. The van der Waals surface area contributed by atoms with Crippen LogP contribution in [0.3, 0.4) is 0 Å². The van der Waals surface area contributed by atoms with E-state index in [2.05, 4.69) is 0 Å². The molecule has 0 saturated carbocycles. The lowest BCUT2D eigenvalue weighted by Gasteiger charge is -2.02. The standard InChI is InChI=1S/C9H12N2O3S/c10-7-4-8(11(13)14)6-9(5-7)15-3-1-2-12/h4-6,12H,1-3,10H2. The van der Waals surface area contributed by atoms with Crippen LogP contribution in [0.2, 0.25) is 0 Å². The zero-order chi connectivity index (χ0) is 11.3. The van der Waals surface area contributed by atoms with E-state index in [1.807, 2.05) is 0 Å². The molecule has 3 N–H and O–H groups in total. The zero-order valence-corrected chi connectivity index (χ0v) is 8.87. The molecule has 15 heavy (non-hydrogen) atoms. The molecule has 5 nitrogen and oxygen atoms in total. The maximum atomic E-state index is 10.5. The van der Waals surface area contributed by atoms with Gasteiger partial charge in [0.05, 0.1) is 4.92 Å². The Morgan fingerprint density at radius 3 is 2.80 bits per heavy atom. The zero-order valence-electron chi connectivity index (χ0n) is 8.05. The first kappa shape index (κ1) is 11.8. The maximum absolute atomic E-state index is 10.5. The van der Waals surface area contributed by atoms with Crippen molar-refractivity contribution in [2.75, 3.05) is 18.1 Å². The Morgan fingerprint density at radius 1 is 1.47 bits per heavy atom. The highest BCUT2D eigenvalue weighted by Crippen LogP contribution is 2.26.